The molecule has 0 aliphatic heterocycles. The highest BCUT2D eigenvalue weighted by molar-refractivity contribution is 7.90. The second-order valence-electron chi connectivity index (χ2n) is 5.54. The molecule has 3 rings (SSSR count). The van der Waals surface area contributed by atoms with Crippen molar-refractivity contribution in [1.82, 2.24) is 0 Å². The minimum atomic E-state index is -3.45. The number of rotatable bonds is 4. The van der Waals surface area contributed by atoms with Crippen LogP contribution in [0.2, 0.25) is 0 Å². The Kier molecular flexibility index (Phi) is 4.36. The van der Waals surface area contributed by atoms with Crippen LogP contribution in [0.5, 0.6) is 0 Å². The molecule has 0 radical (unpaired) electrons. The van der Waals surface area contributed by atoms with Gasteiger partial charge in [0.15, 0.2) is 9.84 Å². The molecule has 0 aliphatic rings. The number of nitrogen functional groups attached to an aromatic ring is 1. The lowest BCUT2D eigenvalue weighted by Crippen LogP contribution is -2.05. The van der Waals surface area contributed by atoms with Crippen LogP contribution in [0.3, 0.4) is 0 Å². The molecular formula is C19H16FNO2S. The molecule has 3 nitrogen and oxygen atoms in total. The second kappa shape index (κ2) is 6.45. The molecule has 24 heavy (non-hydrogen) atoms. The molecular weight excluding hydrogens is 325 g/mol. The summed E-state index contributed by atoms with van der Waals surface area (Å²) >= 11 is 0. The van der Waals surface area contributed by atoms with Gasteiger partial charge in [0.05, 0.1) is 10.6 Å². The Morgan fingerprint density at radius 2 is 1.50 bits per heavy atom. The summed E-state index contributed by atoms with van der Waals surface area (Å²) in [4.78, 5) is 0.240. The Hall–Kier alpha value is -2.66. The van der Waals surface area contributed by atoms with Crippen molar-refractivity contribution >= 4 is 15.5 Å². The molecule has 0 bridgehead atoms. The molecule has 0 aliphatic carbocycles. The van der Waals surface area contributed by atoms with Crippen LogP contribution in [0.1, 0.15) is 5.56 Å². The van der Waals surface area contributed by atoms with Crippen molar-refractivity contribution in [3.8, 4) is 11.1 Å². The number of halogens is 1. The van der Waals surface area contributed by atoms with Crippen LogP contribution in [-0.2, 0) is 15.6 Å². The van der Waals surface area contributed by atoms with Crippen LogP contribution in [0.15, 0.2) is 77.7 Å². The van der Waals surface area contributed by atoms with Crippen LogP contribution in [0, 0.1) is 5.82 Å². The van der Waals surface area contributed by atoms with Crippen LogP contribution in [-0.4, -0.2) is 8.42 Å². The van der Waals surface area contributed by atoms with Gasteiger partial charge in [0.1, 0.15) is 5.82 Å². The average Bonchev–Trinajstić information content (AvgIpc) is 2.56. The van der Waals surface area contributed by atoms with Gasteiger partial charge in [-0.15, -0.1) is 0 Å². The van der Waals surface area contributed by atoms with Gasteiger partial charge < -0.3 is 5.73 Å². The summed E-state index contributed by atoms with van der Waals surface area (Å²) in [5.74, 6) is -0.410. The highest BCUT2D eigenvalue weighted by Crippen LogP contribution is 2.23. The molecule has 0 fully saturated rings. The number of anilines is 1. The smallest absolute Gasteiger partial charge is 0.182 e. The summed E-state index contributed by atoms with van der Waals surface area (Å²) < 4.78 is 38.1. The quantitative estimate of drug-likeness (QED) is 0.728. The van der Waals surface area contributed by atoms with E-state index in [-0.39, 0.29) is 16.5 Å². The molecule has 0 saturated carbocycles. The van der Waals surface area contributed by atoms with Crippen LogP contribution < -0.4 is 5.73 Å². The van der Waals surface area contributed by atoms with Gasteiger partial charge in [-0.3, -0.25) is 0 Å². The largest absolute Gasteiger partial charge is 0.399 e. The zero-order valence-electron chi connectivity index (χ0n) is 12.8. The SMILES string of the molecule is Nc1ccc(S(=O)(=O)Cc2cccc(-c3ccc(F)cc3)c2)cc1. The minimum absolute atomic E-state index is 0.105. The summed E-state index contributed by atoms with van der Waals surface area (Å²) in [6.45, 7) is 0. The van der Waals surface area contributed by atoms with E-state index in [4.69, 9.17) is 5.73 Å². The number of hydrogen-bond donors (Lipinski definition) is 1. The molecule has 3 aromatic rings. The molecule has 0 atom stereocenters. The van der Waals surface area contributed by atoms with Crippen LogP contribution >= 0.6 is 0 Å². The molecule has 0 aromatic heterocycles. The molecule has 2 N–H and O–H groups in total. The van der Waals surface area contributed by atoms with E-state index >= 15 is 0 Å². The first-order valence-electron chi connectivity index (χ1n) is 7.37. The van der Waals surface area contributed by atoms with Crippen LogP contribution in [0.4, 0.5) is 10.1 Å². The van der Waals surface area contributed by atoms with Gasteiger partial charge in [-0.1, -0.05) is 36.4 Å². The van der Waals surface area contributed by atoms with Crippen molar-refractivity contribution in [2.45, 2.75) is 10.6 Å². The molecule has 5 heteroatoms. The molecule has 0 spiro atoms. The van der Waals surface area contributed by atoms with Gasteiger partial charge >= 0.3 is 0 Å². The van der Waals surface area contributed by atoms with Crippen molar-refractivity contribution in [1.29, 1.82) is 0 Å². The summed E-state index contributed by atoms with van der Waals surface area (Å²) in [6.07, 6.45) is 0. The summed E-state index contributed by atoms with van der Waals surface area (Å²) in [5, 5.41) is 0. The maximum atomic E-state index is 13.0. The summed E-state index contributed by atoms with van der Waals surface area (Å²) in [5.41, 5.74) is 8.47. The fraction of sp³-hybridized carbons (Fsp3) is 0.0526. The van der Waals surface area contributed by atoms with Gasteiger partial charge in [-0.25, -0.2) is 12.8 Å². The van der Waals surface area contributed by atoms with E-state index < -0.39 is 9.84 Å². The summed E-state index contributed by atoms with van der Waals surface area (Å²) in [7, 11) is -3.45. The van der Waals surface area contributed by atoms with Gasteiger partial charge in [-0.2, -0.15) is 0 Å². The lowest BCUT2D eigenvalue weighted by molar-refractivity contribution is 0.595. The fourth-order valence-electron chi connectivity index (χ4n) is 2.46. The van der Waals surface area contributed by atoms with Gasteiger partial charge in [-0.05, 0) is 53.1 Å². The topological polar surface area (TPSA) is 60.2 Å². The standard InChI is InChI=1S/C19H16FNO2S/c20-17-6-4-15(5-7-17)16-3-1-2-14(12-16)13-24(22,23)19-10-8-18(21)9-11-19/h1-12H,13,21H2. The average molecular weight is 341 g/mol. The van der Waals surface area contributed by atoms with Gasteiger partial charge in [0, 0.05) is 5.69 Å². The third kappa shape index (κ3) is 3.63. The number of hydrogen-bond acceptors (Lipinski definition) is 3. The lowest BCUT2D eigenvalue weighted by Gasteiger charge is -2.08. The molecule has 0 amide bonds. The first kappa shape index (κ1) is 16.2. The van der Waals surface area contributed by atoms with Crippen molar-refractivity contribution in [2.24, 2.45) is 0 Å². The van der Waals surface area contributed by atoms with Gasteiger partial charge in [0.2, 0.25) is 0 Å². The predicted octanol–water partition coefficient (Wildman–Crippen LogP) is 4.05. The van der Waals surface area contributed by atoms with E-state index in [2.05, 4.69) is 0 Å². The van der Waals surface area contributed by atoms with Crippen molar-refractivity contribution < 1.29 is 12.8 Å². The van der Waals surface area contributed by atoms with E-state index in [0.717, 1.165) is 11.1 Å². The maximum absolute atomic E-state index is 13.0. The Morgan fingerprint density at radius 1 is 0.833 bits per heavy atom. The van der Waals surface area contributed by atoms with E-state index in [1.165, 1.54) is 24.3 Å². The third-order valence-electron chi connectivity index (χ3n) is 3.70. The van der Waals surface area contributed by atoms with E-state index in [0.29, 0.717) is 11.3 Å². The molecule has 0 saturated heterocycles. The number of nitrogens with two attached hydrogens (primary N) is 1. The lowest BCUT2D eigenvalue weighted by atomic mass is 10.0. The zero-order chi connectivity index (χ0) is 17.2. The highest BCUT2D eigenvalue weighted by Gasteiger charge is 2.15. The first-order chi connectivity index (χ1) is 11.4. The first-order valence-corrected chi connectivity index (χ1v) is 9.02. The Labute approximate surface area is 140 Å². The molecule has 0 heterocycles. The summed E-state index contributed by atoms with van der Waals surface area (Å²) in [6, 6.07) is 19.5. The molecule has 3 aromatic carbocycles. The van der Waals surface area contributed by atoms with Crippen molar-refractivity contribution in [3.05, 3.63) is 84.2 Å². The number of sulfone groups is 1. The predicted molar refractivity (Wildman–Crippen MR) is 93.6 cm³/mol. The van der Waals surface area contributed by atoms with Gasteiger partial charge in [0.25, 0.3) is 0 Å². The normalized spacial score (nSPS) is 11.4. The van der Waals surface area contributed by atoms with Crippen LogP contribution in [0.25, 0.3) is 11.1 Å². The van der Waals surface area contributed by atoms with E-state index in [1.807, 2.05) is 12.1 Å². The minimum Gasteiger partial charge on any atom is -0.399 e. The zero-order valence-corrected chi connectivity index (χ0v) is 13.6. The van der Waals surface area contributed by atoms with Crippen molar-refractivity contribution in [2.75, 3.05) is 5.73 Å². The Morgan fingerprint density at radius 3 is 2.17 bits per heavy atom. The molecule has 0 unspecified atom stereocenters. The monoisotopic (exact) mass is 341 g/mol. The number of benzene rings is 3. The second-order valence-corrected chi connectivity index (χ2v) is 7.52. The Balaban J connectivity index is 1.89. The van der Waals surface area contributed by atoms with E-state index in [1.54, 1.807) is 36.4 Å². The van der Waals surface area contributed by atoms with E-state index in [9.17, 15) is 12.8 Å². The Bertz CT molecular complexity index is 949. The fourth-order valence-corrected chi connectivity index (χ4v) is 3.80. The van der Waals surface area contributed by atoms with Crippen molar-refractivity contribution in [3.63, 3.8) is 0 Å². The molecule has 122 valence electrons. The third-order valence-corrected chi connectivity index (χ3v) is 5.40. The maximum Gasteiger partial charge on any atom is 0.182 e. The highest BCUT2D eigenvalue weighted by atomic mass is 32.2.